The number of ether oxygens (including phenoxy) is 1. The topological polar surface area (TPSA) is 90.3 Å². The fraction of sp³-hybridized carbons (Fsp3) is 0.231. The average molecular weight is 476 g/mol. The Morgan fingerprint density at radius 3 is 2.53 bits per heavy atom. The van der Waals surface area contributed by atoms with Crippen molar-refractivity contribution >= 4 is 39.1 Å². The van der Waals surface area contributed by atoms with Crippen LogP contribution in [0.2, 0.25) is 0 Å². The second kappa shape index (κ2) is 10.0. The molecule has 0 saturated heterocycles. The molecule has 1 unspecified atom stereocenters. The van der Waals surface area contributed by atoms with Crippen LogP contribution < -0.4 is 10.9 Å². The lowest BCUT2D eigenvalue weighted by Gasteiger charge is -2.16. The molecule has 0 fully saturated rings. The maximum absolute atomic E-state index is 13.2. The van der Waals surface area contributed by atoms with E-state index in [9.17, 15) is 14.4 Å². The zero-order chi connectivity index (χ0) is 24.2. The van der Waals surface area contributed by atoms with Gasteiger partial charge in [0.25, 0.3) is 5.56 Å². The first-order chi connectivity index (χ1) is 16.4. The number of benzene rings is 2. The van der Waals surface area contributed by atoms with E-state index in [2.05, 4.69) is 10.3 Å². The SMILES string of the molecule is Cc1ccccc1NC(=O)C(C)n1cnc2sc(C(=O)OCCc3ccccc3)c(C)c2c1=O. The second-order valence-corrected chi connectivity index (χ2v) is 9.04. The molecule has 7 nitrogen and oxygen atoms in total. The third kappa shape index (κ3) is 4.77. The number of carbonyl (C=O) groups excluding carboxylic acids is 2. The number of hydrogen-bond acceptors (Lipinski definition) is 6. The smallest absolute Gasteiger partial charge is 0.348 e. The number of carbonyl (C=O) groups is 2. The van der Waals surface area contributed by atoms with Crippen molar-refractivity contribution in [1.29, 1.82) is 0 Å². The normalized spacial score (nSPS) is 11.9. The van der Waals surface area contributed by atoms with Crippen molar-refractivity contribution < 1.29 is 14.3 Å². The molecule has 0 aliphatic rings. The van der Waals surface area contributed by atoms with Crippen molar-refractivity contribution in [3.05, 3.63) is 92.8 Å². The van der Waals surface area contributed by atoms with E-state index in [1.54, 1.807) is 13.8 Å². The van der Waals surface area contributed by atoms with Gasteiger partial charge in [0.15, 0.2) is 0 Å². The Morgan fingerprint density at radius 2 is 1.79 bits per heavy atom. The van der Waals surface area contributed by atoms with Crippen LogP contribution in [0.4, 0.5) is 5.69 Å². The summed E-state index contributed by atoms with van der Waals surface area (Å²) in [4.78, 5) is 43.9. The van der Waals surface area contributed by atoms with Crippen LogP contribution in [0.25, 0.3) is 10.2 Å². The van der Waals surface area contributed by atoms with E-state index in [1.807, 2.05) is 61.5 Å². The predicted molar refractivity (Wildman–Crippen MR) is 134 cm³/mol. The Hall–Kier alpha value is -3.78. The highest BCUT2D eigenvalue weighted by atomic mass is 32.1. The molecule has 0 spiro atoms. The number of nitrogens with zero attached hydrogens (tertiary/aromatic N) is 2. The summed E-state index contributed by atoms with van der Waals surface area (Å²) in [5.74, 6) is -0.807. The number of anilines is 1. The minimum Gasteiger partial charge on any atom is -0.461 e. The molecular formula is C26H25N3O4S. The molecule has 174 valence electrons. The maximum atomic E-state index is 13.2. The number of esters is 1. The van der Waals surface area contributed by atoms with Gasteiger partial charge in [-0.05, 0) is 43.5 Å². The van der Waals surface area contributed by atoms with Gasteiger partial charge in [0.05, 0.1) is 18.3 Å². The number of rotatable bonds is 7. The quantitative estimate of drug-likeness (QED) is 0.392. The summed E-state index contributed by atoms with van der Waals surface area (Å²) in [6.45, 7) is 5.49. The van der Waals surface area contributed by atoms with E-state index < -0.39 is 12.0 Å². The minimum atomic E-state index is -0.787. The molecule has 0 bridgehead atoms. The van der Waals surface area contributed by atoms with Gasteiger partial charge in [-0.1, -0.05) is 48.5 Å². The number of thiophene rings is 1. The molecule has 1 N–H and O–H groups in total. The zero-order valence-corrected chi connectivity index (χ0v) is 20.0. The van der Waals surface area contributed by atoms with Crippen LogP contribution in [0.5, 0.6) is 0 Å². The predicted octanol–water partition coefficient (Wildman–Crippen LogP) is 4.67. The summed E-state index contributed by atoms with van der Waals surface area (Å²) in [5.41, 5.74) is 2.84. The van der Waals surface area contributed by atoms with Gasteiger partial charge in [-0.3, -0.25) is 14.2 Å². The molecule has 2 aromatic heterocycles. The monoisotopic (exact) mass is 475 g/mol. The molecule has 34 heavy (non-hydrogen) atoms. The molecule has 0 aliphatic carbocycles. The molecule has 8 heteroatoms. The number of nitrogens with one attached hydrogen (secondary N) is 1. The molecule has 0 saturated carbocycles. The van der Waals surface area contributed by atoms with E-state index in [-0.39, 0.29) is 18.1 Å². The van der Waals surface area contributed by atoms with Gasteiger partial charge >= 0.3 is 5.97 Å². The Labute approximate surface area is 201 Å². The van der Waals surface area contributed by atoms with Crippen LogP contribution in [0.1, 0.15) is 39.3 Å². The molecule has 4 aromatic rings. The van der Waals surface area contributed by atoms with Crippen molar-refractivity contribution in [3.63, 3.8) is 0 Å². The van der Waals surface area contributed by atoms with Crippen molar-refractivity contribution in [1.82, 2.24) is 9.55 Å². The highest BCUT2D eigenvalue weighted by Crippen LogP contribution is 2.28. The molecule has 0 radical (unpaired) electrons. The van der Waals surface area contributed by atoms with Gasteiger partial charge in [-0.15, -0.1) is 11.3 Å². The molecular weight excluding hydrogens is 450 g/mol. The van der Waals surface area contributed by atoms with Crippen molar-refractivity contribution in [2.45, 2.75) is 33.2 Å². The maximum Gasteiger partial charge on any atom is 0.348 e. The van der Waals surface area contributed by atoms with E-state index in [1.165, 1.54) is 10.9 Å². The van der Waals surface area contributed by atoms with Crippen molar-refractivity contribution in [3.8, 4) is 0 Å². The lowest BCUT2D eigenvalue weighted by atomic mass is 10.2. The number of aryl methyl sites for hydroxylation is 2. The number of aromatic nitrogens is 2. The molecule has 4 rings (SSSR count). The number of para-hydroxylation sites is 1. The van der Waals surface area contributed by atoms with Gasteiger partial charge in [0.1, 0.15) is 15.7 Å². The van der Waals surface area contributed by atoms with Gasteiger partial charge in [0, 0.05) is 12.1 Å². The standard InChI is InChI=1S/C26H25N3O4S/c1-16-9-7-8-12-20(16)28-23(30)18(3)29-15-27-24-21(25(29)31)17(2)22(34-24)26(32)33-14-13-19-10-5-4-6-11-19/h4-12,15,18H,13-14H2,1-3H3,(H,28,30). The average Bonchev–Trinajstić information content (AvgIpc) is 3.18. The Morgan fingerprint density at radius 1 is 1.09 bits per heavy atom. The van der Waals surface area contributed by atoms with Gasteiger partial charge in [-0.25, -0.2) is 9.78 Å². The molecule has 0 aliphatic heterocycles. The lowest BCUT2D eigenvalue weighted by Crippen LogP contribution is -2.32. The van der Waals surface area contributed by atoms with Gasteiger partial charge in [-0.2, -0.15) is 0 Å². The lowest BCUT2D eigenvalue weighted by molar-refractivity contribution is -0.118. The highest BCUT2D eigenvalue weighted by Gasteiger charge is 2.23. The zero-order valence-electron chi connectivity index (χ0n) is 19.2. The van der Waals surface area contributed by atoms with Crippen molar-refractivity contribution in [2.24, 2.45) is 0 Å². The Bertz CT molecular complexity index is 1410. The van der Waals surface area contributed by atoms with Crippen LogP contribution in [0.3, 0.4) is 0 Å². The third-order valence-corrected chi connectivity index (χ3v) is 6.91. The largest absolute Gasteiger partial charge is 0.461 e. The van der Waals surface area contributed by atoms with E-state index in [0.29, 0.717) is 32.8 Å². The van der Waals surface area contributed by atoms with E-state index >= 15 is 0 Å². The van der Waals surface area contributed by atoms with Crippen LogP contribution in [-0.2, 0) is 16.0 Å². The van der Waals surface area contributed by atoms with Crippen LogP contribution >= 0.6 is 11.3 Å². The minimum absolute atomic E-state index is 0.240. The van der Waals surface area contributed by atoms with E-state index in [0.717, 1.165) is 22.5 Å². The first-order valence-electron chi connectivity index (χ1n) is 10.9. The first-order valence-corrected chi connectivity index (χ1v) is 11.8. The Kier molecular flexibility index (Phi) is 6.88. The highest BCUT2D eigenvalue weighted by molar-refractivity contribution is 7.20. The first kappa shape index (κ1) is 23.4. The summed E-state index contributed by atoms with van der Waals surface area (Å²) in [6.07, 6.45) is 1.96. The molecule has 1 atom stereocenters. The summed E-state index contributed by atoms with van der Waals surface area (Å²) in [6, 6.07) is 16.4. The summed E-state index contributed by atoms with van der Waals surface area (Å²) in [5, 5.41) is 3.19. The molecule has 1 amide bonds. The fourth-order valence-corrected chi connectivity index (χ4v) is 4.69. The second-order valence-electron chi connectivity index (χ2n) is 8.04. The van der Waals surface area contributed by atoms with Crippen molar-refractivity contribution in [2.75, 3.05) is 11.9 Å². The summed E-state index contributed by atoms with van der Waals surface area (Å²) < 4.78 is 6.74. The Balaban J connectivity index is 1.53. The van der Waals surface area contributed by atoms with Gasteiger partial charge < -0.3 is 10.1 Å². The third-order valence-electron chi connectivity index (χ3n) is 5.73. The van der Waals surface area contributed by atoms with Crippen LogP contribution in [-0.4, -0.2) is 28.0 Å². The number of fused-ring (bicyclic) bond motifs is 1. The van der Waals surface area contributed by atoms with E-state index in [4.69, 9.17) is 4.74 Å². The summed E-state index contributed by atoms with van der Waals surface area (Å²) >= 11 is 1.13. The molecule has 2 heterocycles. The number of amides is 1. The van der Waals surface area contributed by atoms with Gasteiger partial charge in [0.2, 0.25) is 5.91 Å². The van der Waals surface area contributed by atoms with Crippen LogP contribution in [0, 0.1) is 13.8 Å². The fourth-order valence-electron chi connectivity index (χ4n) is 3.66. The molecule has 2 aromatic carbocycles. The summed E-state index contributed by atoms with van der Waals surface area (Å²) in [7, 11) is 0. The number of hydrogen-bond donors (Lipinski definition) is 1. The van der Waals surface area contributed by atoms with Crippen LogP contribution in [0.15, 0.2) is 65.7 Å².